The predicted octanol–water partition coefficient (Wildman–Crippen LogP) is 1.74. The fourth-order valence-electron chi connectivity index (χ4n) is 1.81. The lowest BCUT2D eigenvalue weighted by Crippen LogP contribution is -2.18. The van der Waals surface area contributed by atoms with Gasteiger partial charge in [-0.3, -0.25) is 4.79 Å². The molecule has 0 aliphatic heterocycles. The molecule has 2 rings (SSSR count). The molecule has 0 fully saturated rings. The highest BCUT2D eigenvalue weighted by Crippen LogP contribution is 2.24. The maximum atomic E-state index is 12.2. The third kappa shape index (κ3) is 3.25. The molecular formula is C13H13ClN2O4S. The molecule has 0 saturated heterocycles. The van der Waals surface area contributed by atoms with Crippen molar-refractivity contribution in [2.45, 2.75) is 4.90 Å². The van der Waals surface area contributed by atoms with Gasteiger partial charge in [0.25, 0.3) is 0 Å². The summed E-state index contributed by atoms with van der Waals surface area (Å²) in [6.07, 6.45) is 2.80. The summed E-state index contributed by atoms with van der Waals surface area (Å²) in [7, 11) is -0.767. The van der Waals surface area contributed by atoms with E-state index in [1.54, 1.807) is 29.9 Å². The molecule has 0 radical (unpaired) electrons. The van der Waals surface area contributed by atoms with E-state index in [4.69, 9.17) is 16.3 Å². The summed E-state index contributed by atoms with van der Waals surface area (Å²) in [5, 5.41) is 0.0740. The van der Waals surface area contributed by atoms with Gasteiger partial charge in [0.05, 0.1) is 17.7 Å². The first-order valence-corrected chi connectivity index (χ1v) is 7.95. The minimum atomic E-state index is -3.82. The van der Waals surface area contributed by atoms with E-state index in [2.05, 4.69) is 4.98 Å². The standard InChI is InChI=1S/C13H13ClN2O4S/c1-16-5-3-4-11(16)12(17)8-21(18,19)9-6-10(14)13(20-2)15-7-9/h3-7H,8H2,1-2H3. The van der Waals surface area contributed by atoms with E-state index in [0.717, 1.165) is 6.20 Å². The summed E-state index contributed by atoms with van der Waals surface area (Å²) in [5.74, 6) is -1.01. The highest BCUT2D eigenvalue weighted by atomic mass is 35.5. The molecule has 0 bridgehead atoms. The van der Waals surface area contributed by atoms with Gasteiger partial charge in [-0.1, -0.05) is 11.6 Å². The first-order valence-electron chi connectivity index (χ1n) is 5.92. The molecule has 0 N–H and O–H groups in total. The van der Waals surface area contributed by atoms with Crippen molar-refractivity contribution in [1.29, 1.82) is 0 Å². The number of hydrogen-bond donors (Lipinski definition) is 0. The van der Waals surface area contributed by atoms with Crippen molar-refractivity contribution in [1.82, 2.24) is 9.55 Å². The van der Waals surface area contributed by atoms with Crippen molar-refractivity contribution in [2.24, 2.45) is 7.05 Å². The Kier molecular flexibility index (Phi) is 4.34. The summed E-state index contributed by atoms with van der Waals surface area (Å²) in [6, 6.07) is 4.46. The van der Waals surface area contributed by atoms with Gasteiger partial charge in [0.15, 0.2) is 15.6 Å². The number of pyridine rings is 1. The maximum Gasteiger partial charge on any atom is 0.232 e. The Hall–Kier alpha value is -1.86. The van der Waals surface area contributed by atoms with Crippen molar-refractivity contribution < 1.29 is 17.9 Å². The molecule has 0 spiro atoms. The van der Waals surface area contributed by atoms with Gasteiger partial charge in [0.2, 0.25) is 5.88 Å². The quantitative estimate of drug-likeness (QED) is 0.781. The van der Waals surface area contributed by atoms with Crippen molar-refractivity contribution in [3.8, 4) is 5.88 Å². The minimum Gasteiger partial charge on any atom is -0.480 e. The molecule has 112 valence electrons. The molecule has 0 saturated carbocycles. The molecule has 0 unspecified atom stereocenters. The van der Waals surface area contributed by atoms with Crippen molar-refractivity contribution in [3.05, 3.63) is 41.3 Å². The largest absolute Gasteiger partial charge is 0.480 e. The van der Waals surface area contributed by atoms with Gasteiger partial charge in [0.1, 0.15) is 10.8 Å². The van der Waals surface area contributed by atoms with Gasteiger partial charge in [-0.25, -0.2) is 13.4 Å². The molecule has 2 heterocycles. The fraction of sp³-hybridized carbons (Fsp3) is 0.231. The number of Topliss-reactive ketones (excluding diaryl/α,β-unsaturated/α-hetero) is 1. The first-order chi connectivity index (χ1) is 9.85. The number of halogens is 1. The van der Waals surface area contributed by atoms with Crippen molar-refractivity contribution in [3.63, 3.8) is 0 Å². The number of carbonyl (C=O) groups is 1. The lowest BCUT2D eigenvalue weighted by Gasteiger charge is -2.07. The first kappa shape index (κ1) is 15.5. The molecule has 8 heteroatoms. The van der Waals surface area contributed by atoms with Crippen LogP contribution >= 0.6 is 11.6 Å². The third-order valence-electron chi connectivity index (χ3n) is 2.89. The molecule has 6 nitrogen and oxygen atoms in total. The van der Waals surface area contributed by atoms with E-state index >= 15 is 0 Å². The Balaban J connectivity index is 2.29. The third-order valence-corrected chi connectivity index (χ3v) is 4.74. The van der Waals surface area contributed by atoms with Crippen LogP contribution in [0, 0.1) is 0 Å². The van der Waals surface area contributed by atoms with Gasteiger partial charge in [-0.05, 0) is 18.2 Å². The lowest BCUT2D eigenvalue weighted by molar-refractivity contribution is 0.101. The summed E-state index contributed by atoms with van der Waals surface area (Å²) in [5.41, 5.74) is 0.325. The number of carbonyl (C=O) groups excluding carboxylic acids is 1. The minimum absolute atomic E-state index is 0.0740. The zero-order chi connectivity index (χ0) is 15.6. The van der Waals surface area contributed by atoms with Crippen LogP contribution in [0.1, 0.15) is 10.5 Å². The molecule has 0 atom stereocenters. The maximum absolute atomic E-state index is 12.2. The molecular weight excluding hydrogens is 316 g/mol. The Morgan fingerprint density at radius 3 is 2.71 bits per heavy atom. The van der Waals surface area contributed by atoms with Gasteiger partial charge in [-0.15, -0.1) is 0 Å². The van der Waals surface area contributed by atoms with Crippen LogP contribution in [0.4, 0.5) is 0 Å². The van der Waals surface area contributed by atoms with Crippen LogP contribution in [0.5, 0.6) is 5.88 Å². The van der Waals surface area contributed by atoms with Crippen LogP contribution in [0.2, 0.25) is 5.02 Å². The van der Waals surface area contributed by atoms with Gasteiger partial charge < -0.3 is 9.30 Å². The predicted molar refractivity (Wildman–Crippen MR) is 77.6 cm³/mol. The number of methoxy groups -OCH3 is 1. The topological polar surface area (TPSA) is 78.3 Å². The van der Waals surface area contributed by atoms with Gasteiger partial charge in [0, 0.05) is 19.4 Å². The number of aryl methyl sites for hydroxylation is 1. The van der Waals surface area contributed by atoms with Gasteiger partial charge in [-0.2, -0.15) is 0 Å². The molecule has 0 aliphatic rings. The second kappa shape index (κ2) is 5.87. The van der Waals surface area contributed by atoms with Crippen LogP contribution in [0.3, 0.4) is 0 Å². The Morgan fingerprint density at radius 1 is 1.48 bits per heavy atom. The number of ketones is 1. The van der Waals surface area contributed by atoms with Gasteiger partial charge >= 0.3 is 0 Å². The van der Waals surface area contributed by atoms with Crippen molar-refractivity contribution in [2.75, 3.05) is 12.9 Å². The van der Waals surface area contributed by atoms with E-state index < -0.39 is 21.4 Å². The summed E-state index contributed by atoms with van der Waals surface area (Å²) in [6.45, 7) is 0. The number of ether oxygens (including phenoxy) is 1. The molecule has 21 heavy (non-hydrogen) atoms. The number of sulfone groups is 1. The normalized spacial score (nSPS) is 11.4. The SMILES string of the molecule is COc1ncc(S(=O)(=O)CC(=O)c2cccn2C)cc1Cl. The Bertz CT molecular complexity index is 783. The number of hydrogen-bond acceptors (Lipinski definition) is 5. The number of aromatic nitrogens is 2. The zero-order valence-corrected chi connectivity index (χ0v) is 13.0. The van der Waals surface area contributed by atoms with E-state index in [1.807, 2.05) is 0 Å². The van der Waals surface area contributed by atoms with Crippen LogP contribution < -0.4 is 4.74 Å². The average molecular weight is 329 g/mol. The summed E-state index contributed by atoms with van der Waals surface area (Å²) in [4.78, 5) is 15.7. The smallest absolute Gasteiger partial charge is 0.232 e. The number of nitrogens with zero attached hydrogens (tertiary/aromatic N) is 2. The van der Waals surface area contributed by atoms with E-state index in [9.17, 15) is 13.2 Å². The van der Waals surface area contributed by atoms with E-state index in [0.29, 0.717) is 5.69 Å². The summed E-state index contributed by atoms with van der Waals surface area (Å²) >= 11 is 5.86. The monoisotopic (exact) mass is 328 g/mol. The van der Waals surface area contributed by atoms with Crippen LogP contribution in [0.25, 0.3) is 0 Å². The van der Waals surface area contributed by atoms with Crippen LogP contribution in [0.15, 0.2) is 35.5 Å². The molecule has 0 aromatic carbocycles. The zero-order valence-electron chi connectivity index (χ0n) is 11.4. The lowest BCUT2D eigenvalue weighted by atomic mass is 10.3. The molecule has 0 amide bonds. The number of rotatable bonds is 5. The van der Waals surface area contributed by atoms with Crippen molar-refractivity contribution >= 4 is 27.2 Å². The second-order valence-electron chi connectivity index (χ2n) is 4.35. The molecule has 2 aromatic rings. The molecule has 2 aromatic heterocycles. The van der Waals surface area contributed by atoms with Crippen LogP contribution in [-0.4, -0.2) is 36.6 Å². The molecule has 0 aliphatic carbocycles. The second-order valence-corrected chi connectivity index (χ2v) is 6.75. The average Bonchev–Trinajstić information content (AvgIpc) is 2.84. The Labute approximate surface area is 127 Å². The summed E-state index contributed by atoms with van der Waals surface area (Å²) < 4.78 is 30.9. The van der Waals surface area contributed by atoms with E-state index in [1.165, 1.54) is 13.2 Å². The fourth-order valence-corrected chi connectivity index (χ4v) is 3.29. The van der Waals surface area contributed by atoms with E-state index in [-0.39, 0.29) is 15.8 Å². The highest BCUT2D eigenvalue weighted by molar-refractivity contribution is 7.92. The van der Waals surface area contributed by atoms with Crippen LogP contribution in [-0.2, 0) is 16.9 Å². The highest BCUT2D eigenvalue weighted by Gasteiger charge is 2.23. The Morgan fingerprint density at radius 2 is 2.19 bits per heavy atom.